The Labute approximate surface area is 349 Å². The van der Waals surface area contributed by atoms with Gasteiger partial charge in [-0.3, -0.25) is 18.4 Å². The number of imidazole rings is 2. The number of amides is 2. The van der Waals surface area contributed by atoms with Crippen LogP contribution in [-0.2, 0) is 9.59 Å². The molecule has 6 aromatic rings. The van der Waals surface area contributed by atoms with E-state index in [1.54, 1.807) is 36.3 Å². The number of hydrogen-bond donors (Lipinski definition) is 4. The number of hydrogen-bond acceptors (Lipinski definition) is 12. The van der Waals surface area contributed by atoms with Crippen LogP contribution in [0.4, 0.5) is 23.0 Å². The fraction of sp³-hybridized carbons (Fsp3) is 0.409. The van der Waals surface area contributed by atoms with E-state index in [4.69, 9.17) is 20.2 Å². The molecule has 314 valence electrons. The van der Waals surface area contributed by atoms with E-state index in [-0.39, 0.29) is 11.8 Å². The van der Waals surface area contributed by atoms with Crippen molar-refractivity contribution in [3.63, 3.8) is 0 Å². The number of nitrogens with one attached hydrogen (secondary N) is 3. The van der Waals surface area contributed by atoms with Crippen LogP contribution in [0.15, 0.2) is 73.3 Å². The van der Waals surface area contributed by atoms with E-state index in [0.29, 0.717) is 49.3 Å². The SMILES string of the molecule is C1CCNCC1.COc1cc2ncc(-c3cccc(N)n3)n2cc1N1CCCC1=O.COc1cc2ncc(-c3cccc(NC4CCCNC4)n3)n2cc1N1CCCC1=O. The molecule has 4 saturated heterocycles. The molecule has 5 N–H and O–H groups in total. The lowest BCUT2D eigenvalue weighted by Crippen LogP contribution is -2.38. The number of carbonyl (C=O) groups excluding carboxylic acids is 2. The number of nitrogen functional groups attached to an aromatic ring is 1. The fourth-order valence-corrected chi connectivity index (χ4v) is 8.14. The summed E-state index contributed by atoms with van der Waals surface area (Å²) in [5, 5.41) is 10.2. The molecule has 1 atom stereocenters. The van der Waals surface area contributed by atoms with Crippen molar-refractivity contribution in [2.45, 2.75) is 63.8 Å². The van der Waals surface area contributed by atoms with Gasteiger partial charge in [0.1, 0.15) is 45.8 Å². The molecule has 0 aromatic carbocycles. The average molecular weight is 815 g/mol. The summed E-state index contributed by atoms with van der Waals surface area (Å²) in [5.74, 6) is 2.83. The second kappa shape index (κ2) is 18.8. The quantitative estimate of drug-likeness (QED) is 0.150. The largest absolute Gasteiger partial charge is 0.494 e. The first-order valence-corrected chi connectivity index (χ1v) is 21.0. The average Bonchev–Trinajstić information content (AvgIpc) is 4.11. The summed E-state index contributed by atoms with van der Waals surface area (Å²) in [5.41, 5.74) is 12.0. The van der Waals surface area contributed by atoms with Crippen molar-refractivity contribution < 1.29 is 19.1 Å². The third kappa shape index (κ3) is 8.99. The second-order valence-corrected chi connectivity index (χ2v) is 15.3. The minimum Gasteiger partial charge on any atom is -0.494 e. The number of methoxy groups -OCH3 is 2. The molecule has 4 aliphatic heterocycles. The Balaban J connectivity index is 0.000000148. The summed E-state index contributed by atoms with van der Waals surface area (Å²) < 4.78 is 14.9. The van der Waals surface area contributed by atoms with Crippen molar-refractivity contribution in [2.24, 2.45) is 0 Å². The summed E-state index contributed by atoms with van der Waals surface area (Å²) in [6, 6.07) is 15.6. The van der Waals surface area contributed by atoms with Crippen LogP contribution in [-0.4, -0.2) is 100 Å². The number of aromatic nitrogens is 6. The van der Waals surface area contributed by atoms with Gasteiger partial charge in [-0.2, -0.15) is 0 Å². The monoisotopic (exact) mass is 814 g/mol. The van der Waals surface area contributed by atoms with Crippen LogP contribution in [0.5, 0.6) is 11.5 Å². The first-order chi connectivity index (χ1) is 29.4. The Hall–Kier alpha value is -6.26. The number of pyridine rings is 4. The van der Waals surface area contributed by atoms with Crippen molar-refractivity contribution in [2.75, 3.05) is 74.3 Å². The van der Waals surface area contributed by atoms with Gasteiger partial charge in [-0.1, -0.05) is 18.6 Å². The molecule has 0 bridgehead atoms. The lowest BCUT2D eigenvalue weighted by atomic mass is 10.1. The number of piperidine rings is 2. The van der Waals surface area contributed by atoms with Crippen LogP contribution in [0.25, 0.3) is 34.1 Å². The standard InChI is InChI=1S/C22H26N6O2.C17H17N5O2.C5H11N/c1-30-19-11-21-24-13-17(28(21)14-18(19)27-10-4-8-22(27)29)16-6-2-7-20(26-16)25-15-5-3-9-23-12-15;1-24-14-8-16-19-9-12(11-4-2-5-15(18)20-11)22(16)10-13(14)21-7-3-6-17(21)23;1-2-4-6-5-3-1/h2,6-7,11,13-15,23H,3-5,8-10,12H2,1H3,(H,25,26);2,4-5,8-10H,3,6-7H2,1H3,(H2,18,20);6H,1-5H2. The van der Waals surface area contributed by atoms with Gasteiger partial charge in [-0.15, -0.1) is 0 Å². The van der Waals surface area contributed by atoms with Crippen molar-refractivity contribution in [1.29, 1.82) is 0 Å². The molecule has 0 aliphatic carbocycles. The molecular weight excluding hydrogens is 761 g/mol. The Morgan fingerprint density at radius 3 is 1.73 bits per heavy atom. The van der Waals surface area contributed by atoms with Crippen LogP contribution < -0.4 is 41.0 Å². The van der Waals surface area contributed by atoms with Crippen LogP contribution in [0.3, 0.4) is 0 Å². The summed E-state index contributed by atoms with van der Waals surface area (Å²) in [7, 11) is 3.22. The van der Waals surface area contributed by atoms with Crippen LogP contribution in [0, 0.1) is 0 Å². The molecule has 60 heavy (non-hydrogen) atoms. The van der Waals surface area contributed by atoms with Crippen LogP contribution in [0.2, 0.25) is 0 Å². The third-order valence-corrected chi connectivity index (χ3v) is 11.2. The molecule has 4 aliphatic rings. The van der Waals surface area contributed by atoms with E-state index >= 15 is 0 Å². The maximum Gasteiger partial charge on any atom is 0.227 e. The normalized spacial score (nSPS) is 17.9. The Morgan fingerprint density at radius 1 is 0.700 bits per heavy atom. The smallest absolute Gasteiger partial charge is 0.227 e. The number of nitrogens with two attached hydrogens (primary N) is 1. The fourth-order valence-electron chi connectivity index (χ4n) is 8.14. The van der Waals surface area contributed by atoms with Gasteiger partial charge >= 0.3 is 0 Å². The Morgan fingerprint density at radius 2 is 1.27 bits per heavy atom. The van der Waals surface area contributed by atoms with Gasteiger partial charge in [-0.05, 0) is 82.4 Å². The number of anilines is 4. The number of rotatable bonds is 8. The van der Waals surface area contributed by atoms with Gasteiger partial charge in [0.05, 0.1) is 49.4 Å². The highest BCUT2D eigenvalue weighted by molar-refractivity contribution is 5.97. The minimum absolute atomic E-state index is 0.108. The highest BCUT2D eigenvalue weighted by Crippen LogP contribution is 2.36. The molecule has 16 heteroatoms. The van der Waals surface area contributed by atoms with Gasteiger partial charge in [0, 0.05) is 63.0 Å². The number of carbonyl (C=O) groups is 2. The van der Waals surface area contributed by atoms with Crippen molar-refractivity contribution in [1.82, 2.24) is 39.4 Å². The van der Waals surface area contributed by atoms with E-state index in [0.717, 1.165) is 83.6 Å². The zero-order valence-electron chi connectivity index (χ0n) is 34.4. The summed E-state index contributed by atoms with van der Waals surface area (Å²) in [4.78, 5) is 46.2. The second-order valence-electron chi connectivity index (χ2n) is 15.3. The zero-order valence-corrected chi connectivity index (χ0v) is 34.4. The maximum absolute atomic E-state index is 12.3. The first kappa shape index (κ1) is 40.5. The van der Waals surface area contributed by atoms with Crippen molar-refractivity contribution in [3.8, 4) is 34.3 Å². The molecular formula is C44H54N12O4. The highest BCUT2D eigenvalue weighted by atomic mass is 16.5. The van der Waals surface area contributed by atoms with Gasteiger partial charge in [0.2, 0.25) is 11.8 Å². The number of nitrogens with zero attached hydrogens (tertiary/aromatic N) is 8. The molecule has 0 saturated carbocycles. The predicted octanol–water partition coefficient (Wildman–Crippen LogP) is 5.57. The molecule has 0 radical (unpaired) electrons. The molecule has 0 spiro atoms. The number of ether oxygens (including phenoxy) is 2. The van der Waals surface area contributed by atoms with E-state index in [9.17, 15) is 9.59 Å². The molecule has 10 heterocycles. The van der Waals surface area contributed by atoms with Gasteiger partial charge in [0.15, 0.2) is 0 Å². The predicted molar refractivity (Wildman–Crippen MR) is 234 cm³/mol. The van der Waals surface area contributed by atoms with Crippen molar-refractivity contribution >= 4 is 46.1 Å². The summed E-state index contributed by atoms with van der Waals surface area (Å²) >= 11 is 0. The van der Waals surface area contributed by atoms with Gasteiger partial charge < -0.3 is 41.0 Å². The number of fused-ring (bicyclic) bond motifs is 2. The lowest BCUT2D eigenvalue weighted by Gasteiger charge is -2.24. The molecule has 6 aromatic heterocycles. The van der Waals surface area contributed by atoms with Gasteiger partial charge in [-0.25, -0.2) is 19.9 Å². The minimum atomic E-state index is 0.108. The lowest BCUT2D eigenvalue weighted by molar-refractivity contribution is -0.117. The van der Waals surface area contributed by atoms with E-state index in [1.807, 2.05) is 69.9 Å². The molecule has 10 rings (SSSR count). The third-order valence-electron chi connectivity index (χ3n) is 11.2. The molecule has 4 fully saturated rings. The zero-order chi connectivity index (χ0) is 41.4. The van der Waals surface area contributed by atoms with Crippen molar-refractivity contribution in [3.05, 3.63) is 73.3 Å². The summed E-state index contributed by atoms with van der Waals surface area (Å²) in [6.07, 6.45) is 16.8. The van der Waals surface area contributed by atoms with Gasteiger partial charge in [0.25, 0.3) is 0 Å². The van der Waals surface area contributed by atoms with Crippen LogP contribution in [0.1, 0.15) is 57.8 Å². The van der Waals surface area contributed by atoms with Crippen LogP contribution >= 0.6 is 0 Å². The molecule has 16 nitrogen and oxygen atoms in total. The maximum atomic E-state index is 12.3. The van der Waals surface area contributed by atoms with E-state index < -0.39 is 0 Å². The summed E-state index contributed by atoms with van der Waals surface area (Å²) in [6.45, 7) is 5.94. The highest BCUT2D eigenvalue weighted by Gasteiger charge is 2.27. The molecule has 1 unspecified atom stereocenters. The Kier molecular flexibility index (Phi) is 12.7. The first-order valence-electron chi connectivity index (χ1n) is 21.0. The topological polar surface area (TPSA) is 182 Å². The van der Waals surface area contributed by atoms with E-state index in [2.05, 4.69) is 30.9 Å². The van der Waals surface area contributed by atoms with E-state index in [1.165, 1.54) is 38.8 Å². The Bertz CT molecular complexity index is 2430. The molecule has 2 amide bonds.